The lowest BCUT2D eigenvalue weighted by molar-refractivity contribution is 0.0674. The smallest absolute Gasteiger partial charge is 0.256 e. The number of carbonyl (C=O) groups is 1. The fourth-order valence-corrected chi connectivity index (χ4v) is 4.19. The lowest BCUT2D eigenvalue weighted by Crippen LogP contribution is -2.40. The molecular formula is C24H26N2O. The maximum absolute atomic E-state index is 13.3. The largest absolute Gasteiger partial charge is 0.350 e. The first kappa shape index (κ1) is 17.6. The van der Waals surface area contributed by atoms with Crippen LogP contribution in [0, 0.1) is 5.92 Å². The number of piperidine rings is 1. The Morgan fingerprint density at radius 3 is 2.44 bits per heavy atom. The van der Waals surface area contributed by atoms with Gasteiger partial charge in [-0.1, -0.05) is 60.7 Å². The van der Waals surface area contributed by atoms with Gasteiger partial charge in [-0.25, -0.2) is 0 Å². The van der Waals surface area contributed by atoms with E-state index in [2.05, 4.69) is 47.4 Å². The van der Waals surface area contributed by atoms with Crippen molar-refractivity contribution in [2.24, 2.45) is 13.0 Å². The summed E-state index contributed by atoms with van der Waals surface area (Å²) in [5, 5.41) is 0. The first-order chi connectivity index (χ1) is 13.2. The van der Waals surface area contributed by atoms with Crippen LogP contribution in [0.15, 0.2) is 72.9 Å². The highest BCUT2D eigenvalue weighted by Crippen LogP contribution is 2.28. The second-order valence-electron chi connectivity index (χ2n) is 7.50. The number of hydrogen-bond donors (Lipinski definition) is 0. The monoisotopic (exact) mass is 358 g/mol. The summed E-state index contributed by atoms with van der Waals surface area (Å²) in [5.41, 5.74) is 4.27. The van der Waals surface area contributed by atoms with Crippen molar-refractivity contribution >= 4 is 5.91 Å². The Bertz CT molecular complexity index is 899. The molecule has 1 saturated heterocycles. The Balaban J connectivity index is 1.53. The number of aromatic nitrogens is 1. The van der Waals surface area contributed by atoms with Gasteiger partial charge in [0.15, 0.2) is 0 Å². The van der Waals surface area contributed by atoms with E-state index in [4.69, 9.17) is 0 Å². The highest BCUT2D eigenvalue weighted by Gasteiger charge is 2.27. The van der Waals surface area contributed by atoms with Crippen LogP contribution in [-0.4, -0.2) is 28.5 Å². The van der Waals surface area contributed by atoms with Gasteiger partial charge in [-0.3, -0.25) is 4.79 Å². The molecule has 1 atom stereocenters. The zero-order valence-electron chi connectivity index (χ0n) is 15.8. The molecule has 2 heterocycles. The Kier molecular flexibility index (Phi) is 5.10. The van der Waals surface area contributed by atoms with Gasteiger partial charge in [-0.05, 0) is 42.4 Å². The summed E-state index contributed by atoms with van der Waals surface area (Å²) in [6, 6.07) is 22.8. The minimum Gasteiger partial charge on any atom is -0.350 e. The fourth-order valence-electron chi connectivity index (χ4n) is 4.19. The van der Waals surface area contributed by atoms with Gasteiger partial charge in [0.2, 0.25) is 0 Å². The molecule has 3 aromatic rings. The van der Waals surface area contributed by atoms with Crippen LogP contribution in [0.1, 0.15) is 28.8 Å². The average Bonchev–Trinajstić information content (AvgIpc) is 3.10. The molecule has 3 nitrogen and oxygen atoms in total. The molecule has 2 aromatic carbocycles. The maximum Gasteiger partial charge on any atom is 0.256 e. The van der Waals surface area contributed by atoms with Crippen LogP contribution in [0.5, 0.6) is 0 Å². The topological polar surface area (TPSA) is 25.2 Å². The van der Waals surface area contributed by atoms with Crippen molar-refractivity contribution in [3.8, 4) is 11.3 Å². The molecule has 1 aliphatic rings. The van der Waals surface area contributed by atoms with Gasteiger partial charge in [0.1, 0.15) is 0 Å². The van der Waals surface area contributed by atoms with Crippen LogP contribution in [0.2, 0.25) is 0 Å². The van der Waals surface area contributed by atoms with Gasteiger partial charge < -0.3 is 9.47 Å². The van der Waals surface area contributed by atoms with E-state index in [9.17, 15) is 4.79 Å². The number of rotatable bonds is 4. The Morgan fingerprint density at radius 2 is 1.70 bits per heavy atom. The molecule has 0 saturated carbocycles. The summed E-state index contributed by atoms with van der Waals surface area (Å²) in [4.78, 5) is 15.4. The van der Waals surface area contributed by atoms with Gasteiger partial charge in [0.05, 0.1) is 11.3 Å². The first-order valence-corrected chi connectivity index (χ1v) is 9.76. The fraction of sp³-hybridized carbons (Fsp3) is 0.292. The zero-order valence-corrected chi connectivity index (χ0v) is 15.8. The van der Waals surface area contributed by atoms with E-state index in [1.54, 1.807) is 0 Å². The average molecular weight is 358 g/mol. The van der Waals surface area contributed by atoms with Crippen LogP contribution < -0.4 is 0 Å². The highest BCUT2D eigenvalue weighted by atomic mass is 16.2. The van der Waals surface area contributed by atoms with Crippen molar-refractivity contribution in [2.45, 2.75) is 19.3 Å². The minimum atomic E-state index is 0.159. The van der Waals surface area contributed by atoms with Gasteiger partial charge in [-0.2, -0.15) is 0 Å². The summed E-state index contributed by atoms with van der Waals surface area (Å²) in [6.07, 6.45) is 5.31. The van der Waals surface area contributed by atoms with Crippen molar-refractivity contribution < 1.29 is 4.79 Å². The molecular weight excluding hydrogens is 332 g/mol. The summed E-state index contributed by atoms with van der Waals surface area (Å²) in [6.45, 7) is 1.70. The van der Waals surface area contributed by atoms with Crippen molar-refractivity contribution in [3.05, 3.63) is 84.1 Å². The van der Waals surface area contributed by atoms with Crippen molar-refractivity contribution in [1.29, 1.82) is 0 Å². The molecule has 0 N–H and O–H groups in total. The van der Waals surface area contributed by atoms with Gasteiger partial charge in [0.25, 0.3) is 5.91 Å². The molecule has 1 unspecified atom stereocenters. The predicted octanol–water partition coefficient (Wildman–Crippen LogP) is 4.79. The molecule has 0 bridgehead atoms. The molecule has 27 heavy (non-hydrogen) atoms. The number of hydrogen-bond acceptors (Lipinski definition) is 1. The van der Waals surface area contributed by atoms with E-state index in [0.717, 1.165) is 42.8 Å². The minimum absolute atomic E-state index is 0.159. The van der Waals surface area contributed by atoms with Gasteiger partial charge in [0, 0.05) is 26.3 Å². The predicted molar refractivity (Wildman–Crippen MR) is 110 cm³/mol. The molecule has 1 aliphatic heterocycles. The SMILES string of the molecule is Cn1ccc(C(=O)N2CCCC(Cc3ccccc3)C2)c1-c1ccccc1. The summed E-state index contributed by atoms with van der Waals surface area (Å²) < 4.78 is 2.05. The molecule has 138 valence electrons. The number of carbonyl (C=O) groups excluding carboxylic acids is 1. The van der Waals surface area contributed by atoms with Gasteiger partial charge >= 0.3 is 0 Å². The molecule has 1 amide bonds. The molecule has 3 heteroatoms. The van der Waals surface area contributed by atoms with E-state index >= 15 is 0 Å². The Hall–Kier alpha value is -2.81. The number of aryl methyl sites for hydroxylation is 1. The van der Waals surface area contributed by atoms with Crippen molar-refractivity contribution in [3.63, 3.8) is 0 Å². The van der Waals surface area contributed by atoms with Crippen LogP contribution >= 0.6 is 0 Å². The van der Waals surface area contributed by atoms with Crippen molar-refractivity contribution in [1.82, 2.24) is 9.47 Å². The van der Waals surface area contributed by atoms with Crippen LogP contribution in [0.3, 0.4) is 0 Å². The number of benzene rings is 2. The third kappa shape index (κ3) is 3.82. The number of amides is 1. The molecule has 4 rings (SSSR count). The first-order valence-electron chi connectivity index (χ1n) is 9.76. The van der Waals surface area contributed by atoms with E-state index in [0.29, 0.717) is 5.92 Å². The summed E-state index contributed by atoms with van der Waals surface area (Å²) in [5.74, 6) is 0.696. The molecule has 1 fully saturated rings. The summed E-state index contributed by atoms with van der Waals surface area (Å²) in [7, 11) is 2.01. The second kappa shape index (κ2) is 7.83. The molecule has 0 radical (unpaired) electrons. The third-order valence-electron chi connectivity index (χ3n) is 5.52. The highest BCUT2D eigenvalue weighted by molar-refractivity contribution is 6.00. The van der Waals surface area contributed by atoms with Crippen LogP contribution in [-0.2, 0) is 13.5 Å². The lowest BCUT2D eigenvalue weighted by atomic mass is 9.91. The number of nitrogens with zero attached hydrogens (tertiary/aromatic N) is 2. The van der Waals surface area contributed by atoms with Gasteiger partial charge in [-0.15, -0.1) is 0 Å². The summed E-state index contributed by atoms with van der Waals surface area (Å²) >= 11 is 0. The molecule has 1 aromatic heterocycles. The second-order valence-corrected chi connectivity index (χ2v) is 7.50. The normalized spacial score (nSPS) is 17.1. The number of likely N-dealkylation sites (tertiary alicyclic amines) is 1. The van der Waals surface area contributed by atoms with E-state index in [1.807, 2.05) is 42.1 Å². The third-order valence-corrected chi connectivity index (χ3v) is 5.52. The standard InChI is InChI=1S/C24H26N2O/c1-25-16-14-22(23(25)21-12-6-3-7-13-21)24(27)26-15-8-11-20(18-26)17-19-9-4-2-5-10-19/h2-7,9-10,12-14,16,20H,8,11,15,17-18H2,1H3. The van der Waals surface area contributed by atoms with E-state index < -0.39 is 0 Å². The Labute approximate surface area is 161 Å². The molecule has 0 spiro atoms. The molecule has 0 aliphatic carbocycles. The quantitative estimate of drug-likeness (QED) is 0.658. The van der Waals surface area contributed by atoms with Crippen molar-refractivity contribution in [2.75, 3.05) is 13.1 Å². The lowest BCUT2D eigenvalue weighted by Gasteiger charge is -2.33. The van der Waals surface area contributed by atoms with E-state index in [-0.39, 0.29) is 5.91 Å². The van der Waals surface area contributed by atoms with Crippen LogP contribution in [0.25, 0.3) is 11.3 Å². The van der Waals surface area contributed by atoms with Crippen LogP contribution in [0.4, 0.5) is 0 Å². The van der Waals surface area contributed by atoms with E-state index in [1.165, 1.54) is 12.0 Å². The zero-order chi connectivity index (χ0) is 18.6. The Morgan fingerprint density at radius 1 is 1.00 bits per heavy atom. The maximum atomic E-state index is 13.3.